The first-order valence-electron chi connectivity index (χ1n) is 10.8. The van der Waals surface area contributed by atoms with Gasteiger partial charge in [-0.05, 0) is 12.8 Å². The number of phosphoric acid groups is 2. The molecule has 0 aromatic carbocycles. The zero-order chi connectivity index (χ0) is 25.4. The Morgan fingerprint density at radius 1 is 0.588 bits per heavy atom. The lowest BCUT2D eigenvalue weighted by molar-refractivity contribution is -0.227. The van der Waals surface area contributed by atoms with E-state index in [-0.39, 0.29) is 39.6 Å². The van der Waals surface area contributed by atoms with Crippen molar-refractivity contribution in [2.75, 3.05) is 93.0 Å². The molecule has 0 fully saturated rings. The van der Waals surface area contributed by atoms with E-state index >= 15 is 0 Å². The van der Waals surface area contributed by atoms with Crippen molar-refractivity contribution in [1.29, 1.82) is 0 Å². The van der Waals surface area contributed by atoms with Crippen molar-refractivity contribution < 1.29 is 60.7 Å². The van der Waals surface area contributed by atoms with Gasteiger partial charge in [0, 0.05) is 13.5 Å². The van der Waals surface area contributed by atoms with E-state index in [1.54, 1.807) is 0 Å². The number of hydrogen-bond acceptors (Lipinski definition) is 13. The van der Waals surface area contributed by atoms with Crippen LogP contribution >= 0.6 is 15.6 Å². The molecule has 202 valence electrons. The number of hydrogen-bond donors (Lipinski definition) is 0. The highest BCUT2D eigenvalue weighted by molar-refractivity contribution is 7.46. The van der Waals surface area contributed by atoms with E-state index in [1.807, 2.05) is 0 Å². The number of ether oxygens (including phenoxy) is 5. The first-order valence-corrected chi connectivity index (χ1v) is 13.7. The minimum absolute atomic E-state index is 0.0430. The summed E-state index contributed by atoms with van der Waals surface area (Å²) in [6.07, 6.45) is 6.92. The Labute approximate surface area is 201 Å². The summed E-state index contributed by atoms with van der Waals surface area (Å²) < 4.78 is 66.6. The molecule has 2 atom stereocenters. The molecular weight excluding hydrogens is 498 g/mol. The standard InChI is InChI=1S/C19H38O13P2/c1-3-4-5-6-7-30-34(22,23)32-19-17-29-15-13-27-11-9-25-8-10-26-12-14-28-16-18-31-33(20,21)24-2/h1H,4-19H2,2H3,(H,20,21)(H,22,23)/p-2. The van der Waals surface area contributed by atoms with Crippen LogP contribution in [-0.4, -0.2) is 93.0 Å². The molecule has 13 nitrogen and oxygen atoms in total. The van der Waals surface area contributed by atoms with Crippen molar-refractivity contribution in [2.45, 2.75) is 19.3 Å². The lowest BCUT2D eigenvalue weighted by Gasteiger charge is -2.22. The molecule has 0 aliphatic heterocycles. The fourth-order valence-electron chi connectivity index (χ4n) is 1.99. The van der Waals surface area contributed by atoms with Gasteiger partial charge in [-0.2, -0.15) is 0 Å². The lowest BCUT2D eigenvalue weighted by Crippen LogP contribution is -2.15. The van der Waals surface area contributed by atoms with E-state index in [0.29, 0.717) is 65.5 Å². The zero-order valence-corrected chi connectivity index (χ0v) is 21.4. The molecule has 0 radical (unpaired) electrons. The second-order valence-corrected chi connectivity index (χ2v) is 9.23. The molecule has 34 heavy (non-hydrogen) atoms. The van der Waals surface area contributed by atoms with E-state index < -0.39 is 15.6 Å². The van der Waals surface area contributed by atoms with Crippen LogP contribution in [0.3, 0.4) is 0 Å². The topological polar surface area (TPSA) is 163 Å². The van der Waals surface area contributed by atoms with Crippen LogP contribution in [0.1, 0.15) is 19.3 Å². The first-order chi connectivity index (χ1) is 16.3. The summed E-state index contributed by atoms with van der Waals surface area (Å²) in [5.41, 5.74) is 0. The van der Waals surface area contributed by atoms with Gasteiger partial charge in [0.1, 0.15) is 0 Å². The van der Waals surface area contributed by atoms with Gasteiger partial charge in [-0.1, -0.05) is 0 Å². The quantitative estimate of drug-likeness (QED) is 0.0857. The Morgan fingerprint density at radius 3 is 1.32 bits per heavy atom. The van der Waals surface area contributed by atoms with Crippen molar-refractivity contribution in [3.63, 3.8) is 0 Å². The van der Waals surface area contributed by atoms with Gasteiger partial charge < -0.3 is 51.6 Å². The number of rotatable bonds is 26. The zero-order valence-electron chi connectivity index (χ0n) is 19.6. The van der Waals surface area contributed by atoms with Crippen LogP contribution in [0.2, 0.25) is 0 Å². The van der Waals surface area contributed by atoms with Crippen molar-refractivity contribution in [1.82, 2.24) is 0 Å². The number of phosphoric ester groups is 2. The summed E-state index contributed by atoms with van der Waals surface area (Å²) in [5.74, 6) is 2.46. The van der Waals surface area contributed by atoms with Gasteiger partial charge in [0.05, 0.1) is 85.9 Å². The van der Waals surface area contributed by atoms with Crippen molar-refractivity contribution >= 4 is 15.6 Å². The third kappa shape index (κ3) is 24.7. The van der Waals surface area contributed by atoms with Gasteiger partial charge in [0.2, 0.25) is 0 Å². The molecule has 0 bridgehead atoms. The number of unbranched alkanes of at least 4 members (excludes halogenated alkanes) is 2. The van der Waals surface area contributed by atoms with E-state index in [0.717, 1.165) is 7.11 Å². The number of terminal acetylenes is 1. The third-order valence-corrected chi connectivity index (χ3v) is 5.57. The van der Waals surface area contributed by atoms with Crippen LogP contribution in [0.5, 0.6) is 0 Å². The maximum atomic E-state index is 11.5. The lowest BCUT2D eigenvalue weighted by atomic mass is 10.2. The van der Waals surface area contributed by atoms with E-state index in [2.05, 4.69) is 19.5 Å². The molecule has 0 aromatic rings. The molecule has 0 amide bonds. The Hall–Kier alpha value is -0.420. The second kappa shape index (κ2) is 23.0. The summed E-state index contributed by atoms with van der Waals surface area (Å²) in [7, 11) is -7.50. The van der Waals surface area contributed by atoms with Gasteiger partial charge in [-0.15, -0.1) is 12.3 Å². The summed E-state index contributed by atoms with van der Waals surface area (Å²) in [4.78, 5) is 22.4. The summed E-state index contributed by atoms with van der Waals surface area (Å²) in [6.45, 7) is 2.73. The van der Waals surface area contributed by atoms with Crippen LogP contribution < -0.4 is 9.79 Å². The molecule has 0 N–H and O–H groups in total. The summed E-state index contributed by atoms with van der Waals surface area (Å²) >= 11 is 0. The highest BCUT2D eigenvalue weighted by Crippen LogP contribution is 2.38. The fraction of sp³-hybridized carbons (Fsp3) is 0.895. The van der Waals surface area contributed by atoms with Gasteiger partial charge in [0.25, 0.3) is 15.6 Å². The van der Waals surface area contributed by atoms with Crippen molar-refractivity contribution in [3.8, 4) is 12.3 Å². The van der Waals surface area contributed by atoms with E-state index in [9.17, 15) is 18.9 Å². The molecule has 15 heteroatoms. The molecule has 0 rings (SSSR count). The van der Waals surface area contributed by atoms with Crippen LogP contribution in [0.15, 0.2) is 0 Å². The molecular formula is C19H36O13P2-2. The summed E-state index contributed by atoms with van der Waals surface area (Å²) in [6, 6.07) is 0. The Balaban J connectivity index is 3.26. The molecule has 2 unspecified atom stereocenters. The predicted octanol–water partition coefficient (Wildman–Crippen LogP) is 0.506. The van der Waals surface area contributed by atoms with Crippen molar-refractivity contribution in [2.24, 2.45) is 0 Å². The maximum Gasteiger partial charge on any atom is 0.267 e. The maximum absolute atomic E-state index is 11.5. The Bertz CT molecular complexity index is 599. The van der Waals surface area contributed by atoms with Gasteiger partial charge >= 0.3 is 0 Å². The smallest absolute Gasteiger partial charge is 0.267 e. The first kappa shape index (κ1) is 33.6. The molecule has 0 saturated heterocycles. The minimum Gasteiger partial charge on any atom is -0.756 e. The van der Waals surface area contributed by atoms with Gasteiger partial charge in [0.15, 0.2) is 0 Å². The second-order valence-electron chi connectivity index (χ2n) is 6.30. The Kier molecular flexibility index (Phi) is 22.7. The van der Waals surface area contributed by atoms with E-state index in [1.165, 1.54) is 0 Å². The van der Waals surface area contributed by atoms with Crippen LogP contribution in [0.25, 0.3) is 0 Å². The third-order valence-electron chi connectivity index (χ3n) is 3.63. The molecule has 0 aliphatic rings. The van der Waals surface area contributed by atoms with Crippen LogP contribution in [-0.2, 0) is 50.9 Å². The van der Waals surface area contributed by atoms with Crippen LogP contribution in [0.4, 0.5) is 0 Å². The SMILES string of the molecule is C#CCCCCOP(=O)([O-])OCCOCCOCCOCCOCCOCCOP(=O)([O-])OC. The highest BCUT2D eigenvalue weighted by atomic mass is 31.2. The highest BCUT2D eigenvalue weighted by Gasteiger charge is 2.08. The van der Waals surface area contributed by atoms with Crippen LogP contribution in [0, 0.1) is 12.3 Å². The van der Waals surface area contributed by atoms with Crippen molar-refractivity contribution in [3.05, 3.63) is 0 Å². The summed E-state index contributed by atoms with van der Waals surface area (Å²) in [5, 5.41) is 0. The predicted molar refractivity (Wildman–Crippen MR) is 117 cm³/mol. The fourth-order valence-corrected chi connectivity index (χ4v) is 3.12. The van der Waals surface area contributed by atoms with E-state index in [4.69, 9.17) is 34.6 Å². The molecule has 0 spiro atoms. The average molecular weight is 534 g/mol. The molecule has 0 saturated carbocycles. The molecule has 0 aliphatic carbocycles. The molecule has 0 aromatic heterocycles. The van der Waals surface area contributed by atoms with Gasteiger partial charge in [-0.3, -0.25) is 9.13 Å². The average Bonchev–Trinajstić information content (AvgIpc) is 2.80. The largest absolute Gasteiger partial charge is 0.756 e. The normalized spacial score (nSPS) is 15.0. The minimum atomic E-state index is -4.31. The Morgan fingerprint density at radius 2 is 0.941 bits per heavy atom. The molecule has 0 heterocycles. The monoisotopic (exact) mass is 534 g/mol. The van der Waals surface area contributed by atoms with Gasteiger partial charge in [-0.25, -0.2) is 0 Å².